The largest absolute Gasteiger partial charge is 0.481 e. The molecule has 0 unspecified atom stereocenters. The summed E-state index contributed by atoms with van der Waals surface area (Å²) in [6, 6.07) is 0. The van der Waals surface area contributed by atoms with E-state index in [1.54, 1.807) is 0 Å². The Hall–Kier alpha value is -1.28. The molecule has 0 radical (unpaired) electrons. The number of carboxylic acids is 1. The smallest absolute Gasteiger partial charge is 0.313 e. The van der Waals surface area contributed by atoms with E-state index < -0.39 is 5.97 Å². The van der Waals surface area contributed by atoms with Crippen LogP contribution in [0.25, 0.3) is 0 Å². The van der Waals surface area contributed by atoms with Gasteiger partial charge < -0.3 is 14.9 Å². The van der Waals surface area contributed by atoms with E-state index in [2.05, 4.69) is 20.0 Å². The maximum atomic E-state index is 10.6. The van der Waals surface area contributed by atoms with Crippen LogP contribution in [0, 0.1) is 0 Å². The summed E-state index contributed by atoms with van der Waals surface area (Å²) in [5.41, 5.74) is 0. The number of carboxylic acid groups (broad SMARTS) is 1. The van der Waals surface area contributed by atoms with E-state index in [4.69, 9.17) is 5.11 Å². The van der Waals surface area contributed by atoms with Crippen molar-refractivity contribution in [2.75, 3.05) is 43.9 Å². The molecule has 0 bridgehead atoms. The quantitative estimate of drug-likeness (QED) is 0.736. The first-order chi connectivity index (χ1) is 9.58. The molecule has 1 aliphatic rings. The van der Waals surface area contributed by atoms with Crippen LogP contribution in [0.3, 0.4) is 0 Å². The number of thioether (sulfide) groups is 1. The van der Waals surface area contributed by atoms with Gasteiger partial charge in [0.15, 0.2) is 5.16 Å². The second-order valence-electron chi connectivity index (χ2n) is 4.99. The average molecular weight is 299 g/mol. The van der Waals surface area contributed by atoms with Crippen molar-refractivity contribution >= 4 is 23.7 Å². The van der Waals surface area contributed by atoms with E-state index in [0.717, 1.165) is 19.0 Å². The number of likely N-dealkylation sites (tertiary alicyclic amines) is 1. The Labute approximate surface area is 123 Å². The minimum absolute atomic E-state index is 0.00344. The van der Waals surface area contributed by atoms with E-state index in [0.29, 0.717) is 5.16 Å². The molecule has 0 spiro atoms. The van der Waals surface area contributed by atoms with Gasteiger partial charge in [-0.15, -0.1) is 10.2 Å². The van der Waals surface area contributed by atoms with Crippen molar-refractivity contribution in [2.45, 2.75) is 18.0 Å². The van der Waals surface area contributed by atoms with Gasteiger partial charge in [-0.25, -0.2) is 0 Å². The summed E-state index contributed by atoms with van der Waals surface area (Å²) in [5.74, 6) is -0.0669. The number of likely N-dealkylation sites (N-methyl/N-ethyl adjacent to an activating group) is 1. The van der Waals surface area contributed by atoms with Crippen molar-refractivity contribution in [1.29, 1.82) is 0 Å². The van der Waals surface area contributed by atoms with Gasteiger partial charge in [0.2, 0.25) is 5.95 Å². The third-order valence-corrected chi connectivity index (χ3v) is 4.43. The van der Waals surface area contributed by atoms with Gasteiger partial charge in [0, 0.05) is 27.2 Å². The Morgan fingerprint density at radius 3 is 2.75 bits per heavy atom. The number of anilines is 1. The molecule has 7 nitrogen and oxygen atoms in total. The van der Waals surface area contributed by atoms with Gasteiger partial charge in [-0.1, -0.05) is 11.8 Å². The lowest BCUT2D eigenvalue weighted by Gasteiger charge is -2.21. The molecular weight excluding hydrogens is 278 g/mol. The number of aliphatic carboxylic acids is 1. The zero-order chi connectivity index (χ0) is 14.5. The van der Waals surface area contributed by atoms with Crippen molar-refractivity contribution < 1.29 is 9.90 Å². The molecule has 1 saturated heterocycles. The van der Waals surface area contributed by atoms with E-state index in [1.165, 1.54) is 37.7 Å². The zero-order valence-corrected chi connectivity index (χ0v) is 12.8. The highest BCUT2D eigenvalue weighted by Gasteiger charge is 2.16. The third-order valence-electron chi connectivity index (χ3n) is 3.43. The number of carbonyl (C=O) groups is 1. The highest BCUT2D eigenvalue weighted by atomic mass is 32.2. The Balaban J connectivity index is 1.88. The fraction of sp³-hybridized carbons (Fsp3) is 0.750. The second kappa shape index (κ2) is 6.94. The maximum absolute atomic E-state index is 10.6. The predicted octanol–water partition coefficient (Wildman–Crippen LogP) is 0.524. The Bertz CT molecular complexity index is 459. The van der Waals surface area contributed by atoms with Crippen LogP contribution in [0.4, 0.5) is 5.95 Å². The van der Waals surface area contributed by atoms with Crippen molar-refractivity contribution in [3.8, 4) is 0 Å². The fourth-order valence-electron chi connectivity index (χ4n) is 2.29. The topological polar surface area (TPSA) is 74.5 Å². The lowest BCUT2D eigenvalue weighted by atomic mass is 10.4. The Morgan fingerprint density at radius 1 is 1.40 bits per heavy atom. The summed E-state index contributed by atoms with van der Waals surface area (Å²) in [6.07, 6.45) is 2.59. The molecule has 112 valence electrons. The first kappa shape index (κ1) is 15.1. The van der Waals surface area contributed by atoms with Crippen LogP contribution in [-0.4, -0.2) is 69.7 Å². The van der Waals surface area contributed by atoms with Crippen LogP contribution in [0.15, 0.2) is 5.16 Å². The number of rotatable bonds is 7. The standard InChI is InChI=1S/C12H21N5O2S/c1-15(7-8-17-5-3-4-6-17)11-13-14-12(16(11)2)20-9-10(18)19/h3-9H2,1-2H3,(H,18,19). The van der Waals surface area contributed by atoms with Gasteiger partial charge in [-0.05, 0) is 25.9 Å². The lowest BCUT2D eigenvalue weighted by molar-refractivity contribution is -0.133. The molecule has 0 atom stereocenters. The number of hydrogen-bond donors (Lipinski definition) is 1. The van der Waals surface area contributed by atoms with Crippen LogP contribution in [0.2, 0.25) is 0 Å². The molecule has 0 amide bonds. The minimum Gasteiger partial charge on any atom is -0.481 e. The third kappa shape index (κ3) is 3.86. The van der Waals surface area contributed by atoms with Gasteiger partial charge in [-0.3, -0.25) is 9.36 Å². The minimum atomic E-state index is -0.845. The SMILES string of the molecule is CN(CCN1CCCC1)c1nnc(SCC(=O)O)n1C. The number of nitrogens with zero attached hydrogens (tertiary/aromatic N) is 5. The van der Waals surface area contributed by atoms with E-state index in [-0.39, 0.29) is 5.75 Å². The highest BCUT2D eigenvalue weighted by molar-refractivity contribution is 7.99. The van der Waals surface area contributed by atoms with Crippen molar-refractivity contribution in [3.63, 3.8) is 0 Å². The number of hydrogen-bond acceptors (Lipinski definition) is 6. The first-order valence-electron chi connectivity index (χ1n) is 6.75. The van der Waals surface area contributed by atoms with Gasteiger partial charge >= 0.3 is 5.97 Å². The summed E-state index contributed by atoms with van der Waals surface area (Å²) < 4.78 is 1.84. The highest BCUT2D eigenvalue weighted by Crippen LogP contribution is 2.19. The van der Waals surface area contributed by atoms with Gasteiger partial charge in [0.25, 0.3) is 0 Å². The summed E-state index contributed by atoms with van der Waals surface area (Å²) >= 11 is 1.19. The van der Waals surface area contributed by atoms with Crippen molar-refractivity contribution in [1.82, 2.24) is 19.7 Å². The average Bonchev–Trinajstić information content (AvgIpc) is 3.03. The molecule has 1 aliphatic heterocycles. The van der Waals surface area contributed by atoms with E-state index in [1.807, 2.05) is 18.7 Å². The fourth-order valence-corrected chi connectivity index (χ4v) is 2.92. The molecule has 0 aliphatic carbocycles. The van der Waals surface area contributed by atoms with E-state index in [9.17, 15) is 4.79 Å². The molecule has 0 saturated carbocycles. The lowest BCUT2D eigenvalue weighted by Crippen LogP contribution is -2.32. The van der Waals surface area contributed by atoms with Crippen molar-refractivity contribution in [2.24, 2.45) is 7.05 Å². The maximum Gasteiger partial charge on any atom is 0.313 e. The molecule has 20 heavy (non-hydrogen) atoms. The van der Waals surface area contributed by atoms with Crippen LogP contribution in [0.1, 0.15) is 12.8 Å². The van der Waals surface area contributed by atoms with E-state index >= 15 is 0 Å². The first-order valence-corrected chi connectivity index (χ1v) is 7.74. The summed E-state index contributed by atoms with van der Waals surface area (Å²) in [4.78, 5) is 15.1. The van der Waals surface area contributed by atoms with Crippen LogP contribution in [-0.2, 0) is 11.8 Å². The molecule has 8 heteroatoms. The normalized spacial score (nSPS) is 15.7. The summed E-state index contributed by atoms with van der Waals surface area (Å²) in [6.45, 7) is 4.30. The molecule has 0 aromatic carbocycles. The van der Waals surface area contributed by atoms with Crippen molar-refractivity contribution in [3.05, 3.63) is 0 Å². The Kier molecular flexibility index (Phi) is 5.24. The van der Waals surface area contributed by atoms with Crippen LogP contribution < -0.4 is 4.90 Å². The molecule has 2 heterocycles. The van der Waals surface area contributed by atoms with Gasteiger partial charge in [-0.2, -0.15) is 0 Å². The molecule has 1 aromatic rings. The molecule has 1 N–H and O–H groups in total. The van der Waals surface area contributed by atoms with Crippen LogP contribution >= 0.6 is 11.8 Å². The molecule has 1 fully saturated rings. The van der Waals surface area contributed by atoms with Crippen LogP contribution in [0.5, 0.6) is 0 Å². The summed E-state index contributed by atoms with van der Waals surface area (Å²) in [7, 11) is 3.86. The summed E-state index contributed by atoms with van der Waals surface area (Å²) in [5, 5.41) is 17.5. The predicted molar refractivity (Wildman–Crippen MR) is 78.3 cm³/mol. The zero-order valence-electron chi connectivity index (χ0n) is 11.9. The Morgan fingerprint density at radius 2 is 2.10 bits per heavy atom. The van der Waals surface area contributed by atoms with Gasteiger partial charge in [0.05, 0.1) is 5.75 Å². The molecule has 1 aromatic heterocycles. The molecule has 2 rings (SSSR count). The monoisotopic (exact) mass is 299 g/mol. The number of aromatic nitrogens is 3. The van der Waals surface area contributed by atoms with Gasteiger partial charge in [0.1, 0.15) is 0 Å². The molecular formula is C12H21N5O2S. The second-order valence-corrected chi connectivity index (χ2v) is 5.94.